The second-order valence-electron chi connectivity index (χ2n) is 2.19. The van der Waals surface area contributed by atoms with Crippen LogP contribution in [-0.2, 0) is 0 Å². The van der Waals surface area contributed by atoms with Crippen LogP contribution in [-0.4, -0.2) is 17.9 Å². The molecule has 0 N–H and O–H groups in total. The number of hydrogen-bond donors (Lipinski definition) is 0. The highest BCUT2D eigenvalue weighted by atomic mass is 35.5. The second kappa shape index (κ2) is 4.18. The lowest BCUT2D eigenvalue weighted by atomic mass is 10.3. The molecule has 0 amide bonds. The topological polar surface area (TPSA) is 39.2 Å². The quantitative estimate of drug-likeness (QED) is 0.706. The van der Waals surface area contributed by atoms with Crippen LogP contribution >= 0.6 is 11.6 Å². The number of aldehydes is 1. The van der Waals surface area contributed by atoms with E-state index in [-0.39, 0.29) is 23.1 Å². The fourth-order valence-electron chi connectivity index (χ4n) is 0.807. The predicted octanol–water partition coefficient (Wildman–Crippen LogP) is 2.09. The van der Waals surface area contributed by atoms with Gasteiger partial charge in [-0.2, -0.15) is 0 Å². The van der Waals surface area contributed by atoms with Crippen molar-refractivity contribution in [2.45, 2.75) is 6.92 Å². The summed E-state index contributed by atoms with van der Waals surface area (Å²) in [5, 5.41) is -0.0176. The van der Waals surface area contributed by atoms with Crippen LogP contribution in [0.1, 0.15) is 17.3 Å². The third-order valence-corrected chi connectivity index (χ3v) is 1.68. The summed E-state index contributed by atoms with van der Waals surface area (Å²) in [6, 6.07) is 0. The Morgan fingerprint density at radius 2 is 2.46 bits per heavy atom. The summed E-state index contributed by atoms with van der Waals surface area (Å²) in [6.45, 7) is 1.97. The number of hydrogen-bond acceptors (Lipinski definition) is 3. The molecule has 0 aliphatic carbocycles. The third kappa shape index (κ3) is 1.95. The molecule has 13 heavy (non-hydrogen) atoms. The highest BCUT2D eigenvalue weighted by molar-refractivity contribution is 6.32. The molecule has 0 fully saturated rings. The SMILES string of the molecule is CCOc1ncc(Cl)c(C=O)c1F. The van der Waals surface area contributed by atoms with E-state index in [1.54, 1.807) is 6.92 Å². The van der Waals surface area contributed by atoms with Gasteiger partial charge in [0.2, 0.25) is 0 Å². The summed E-state index contributed by atoms with van der Waals surface area (Å²) in [7, 11) is 0. The first kappa shape index (κ1) is 9.92. The van der Waals surface area contributed by atoms with Crippen molar-refractivity contribution in [3.8, 4) is 5.88 Å². The average Bonchev–Trinajstić information content (AvgIpc) is 2.11. The lowest BCUT2D eigenvalue weighted by Gasteiger charge is -2.04. The molecule has 0 spiro atoms. The van der Waals surface area contributed by atoms with Gasteiger partial charge in [-0.25, -0.2) is 9.37 Å². The van der Waals surface area contributed by atoms with E-state index in [1.807, 2.05) is 0 Å². The van der Waals surface area contributed by atoms with Gasteiger partial charge in [0.05, 0.1) is 23.4 Å². The normalized spacial score (nSPS) is 9.77. The average molecular weight is 204 g/mol. The first-order chi connectivity index (χ1) is 6.20. The highest BCUT2D eigenvalue weighted by Gasteiger charge is 2.13. The van der Waals surface area contributed by atoms with Gasteiger partial charge in [0, 0.05) is 0 Å². The number of nitrogens with zero attached hydrogens (tertiary/aromatic N) is 1. The lowest BCUT2D eigenvalue weighted by molar-refractivity contribution is 0.111. The predicted molar refractivity (Wildman–Crippen MR) is 45.8 cm³/mol. The molecule has 0 aromatic carbocycles. The zero-order valence-corrected chi connectivity index (χ0v) is 7.64. The molecule has 1 rings (SSSR count). The van der Waals surface area contributed by atoms with Crippen molar-refractivity contribution in [1.29, 1.82) is 0 Å². The van der Waals surface area contributed by atoms with Crippen LogP contribution in [0, 0.1) is 5.82 Å². The van der Waals surface area contributed by atoms with Gasteiger partial charge in [0.1, 0.15) is 0 Å². The molecule has 0 radical (unpaired) electrons. The van der Waals surface area contributed by atoms with Crippen molar-refractivity contribution in [1.82, 2.24) is 4.98 Å². The summed E-state index contributed by atoms with van der Waals surface area (Å²) in [4.78, 5) is 14.0. The van der Waals surface area contributed by atoms with Crippen LogP contribution in [0.3, 0.4) is 0 Å². The Labute approximate surface area is 79.5 Å². The summed E-state index contributed by atoms with van der Waals surface area (Å²) < 4.78 is 18.0. The molecule has 3 nitrogen and oxygen atoms in total. The number of halogens is 2. The van der Waals surface area contributed by atoms with Crippen molar-refractivity contribution in [3.63, 3.8) is 0 Å². The Balaban J connectivity index is 3.19. The summed E-state index contributed by atoms with van der Waals surface area (Å²) in [5.41, 5.74) is -0.222. The van der Waals surface area contributed by atoms with Gasteiger partial charge in [-0.3, -0.25) is 4.79 Å². The van der Waals surface area contributed by atoms with Crippen LogP contribution < -0.4 is 4.74 Å². The Morgan fingerprint density at radius 1 is 1.77 bits per heavy atom. The summed E-state index contributed by atoms with van der Waals surface area (Å²) in [5.74, 6) is -1.02. The van der Waals surface area contributed by atoms with Crippen molar-refractivity contribution in [2.75, 3.05) is 6.61 Å². The number of carbonyl (C=O) groups is 1. The first-order valence-corrected chi connectivity index (χ1v) is 4.00. The van der Waals surface area contributed by atoms with Gasteiger partial charge in [0.25, 0.3) is 5.88 Å². The van der Waals surface area contributed by atoms with Gasteiger partial charge < -0.3 is 4.74 Å². The molecular formula is C8H7ClFNO2. The van der Waals surface area contributed by atoms with E-state index < -0.39 is 5.82 Å². The summed E-state index contributed by atoms with van der Waals surface area (Å²) >= 11 is 5.51. The number of aromatic nitrogens is 1. The van der Waals surface area contributed by atoms with Gasteiger partial charge in [-0.15, -0.1) is 0 Å². The second-order valence-corrected chi connectivity index (χ2v) is 2.60. The maximum atomic E-state index is 13.2. The van der Waals surface area contributed by atoms with E-state index >= 15 is 0 Å². The maximum absolute atomic E-state index is 13.2. The largest absolute Gasteiger partial charge is 0.476 e. The molecule has 0 bridgehead atoms. The van der Waals surface area contributed by atoms with E-state index in [4.69, 9.17) is 16.3 Å². The minimum absolute atomic E-state index is 0.0176. The van der Waals surface area contributed by atoms with Crippen molar-refractivity contribution < 1.29 is 13.9 Å². The molecule has 1 aromatic rings. The fourth-order valence-corrected chi connectivity index (χ4v) is 0.983. The number of ether oxygens (including phenoxy) is 1. The van der Waals surface area contributed by atoms with Gasteiger partial charge >= 0.3 is 0 Å². The number of carbonyl (C=O) groups excluding carboxylic acids is 1. The smallest absolute Gasteiger partial charge is 0.251 e. The Hall–Kier alpha value is -1.16. The van der Waals surface area contributed by atoms with Crippen LogP contribution in [0.25, 0.3) is 0 Å². The Bertz CT molecular complexity index is 330. The maximum Gasteiger partial charge on any atom is 0.251 e. The zero-order chi connectivity index (χ0) is 9.84. The standard InChI is InChI=1S/C8H7ClFNO2/c1-2-13-8-7(10)5(4-12)6(9)3-11-8/h3-4H,2H2,1H3. The Morgan fingerprint density at radius 3 is 3.00 bits per heavy atom. The zero-order valence-electron chi connectivity index (χ0n) is 6.88. The minimum atomic E-state index is -0.815. The molecule has 0 unspecified atom stereocenters. The molecule has 70 valence electrons. The van der Waals surface area contributed by atoms with Crippen LogP contribution in [0.4, 0.5) is 4.39 Å². The van der Waals surface area contributed by atoms with Crippen LogP contribution in [0.15, 0.2) is 6.20 Å². The van der Waals surface area contributed by atoms with E-state index in [9.17, 15) is 9.18 Å². The molecule has 0 atom stereocenters. The van der Waals surface area contributed by atoms with E-state index in [0.29, 0.717) is 6.29 Å². The summed E-state index contributed by atoms with van der Waals surface area (Å²) in [6.07, 6.45) is 1.52. The lowest BCUT2D eigenvalue weighted by Crippen LogP contribution is -2.01. The molecule has 1 aromatic heterocycles. The van der Waals surface area contributed by atoms with E-state index in [2.05, 4.69) is 4.98 Å². The molecule has 0 aliphatic heterocycles. The van der Waals surface area contributed by atoms with Crippen molar-refractivity contribution in [2.24, 2.45) is 0 Å². The number of rotatable bonds is 3. The number of pyridine rings is 1. The molecule has 1 heterocycles. The fraction of sp³-hybridized carbons (Fsp3) is 0.250. The van der Waals surface area contributed by atoms with Gasteiger partial charge in [-0.1, -0.05) is 11.6 Å². The molecule has 0 saturated heterocycles. The van der Waals surface area contributed by atoms with Gasteiger partial charge in [-0.05, 0) is 6.92 Å². The third-order valence-electron chi connectivity index (χ3n) is 1.38. The van der Waals surface area contributed by atoms with Crippen LogP contribution in [0.5, 0.6) is 5.88 Å². The molecule has 0 aliphatic rings. The molecule has 5 heteroatoms. The van der Waals surface area contributed by atoms with Crippen LogP contribution in [0.2, 0.25) is 5.02 Å². The van der Waals surface area contributed by atoms with Gasteiger partial charge in [0.15, 0.2) is 12.1 Å². The molecule has 0 saturated carbocycles. The molecular weight excluding hydrogens is 197 g/mol. The van der Waals surface area contributed by atoms with Crippen molar-refractivity contribution in [3.05, 3.63) is 22.6 Å². The minimum Gasteiger partial charge on any atom is -0.476 e. The van der Waals surface area contributed by atoms with E-state index in [0.717, 1.165) is 0 Å². The van der Waals surface area contributed by atoms with E-state index in [1.165, 1.54) is 6.20 Å². The highest BCUT2D eigenvalue weighted by Crippen LogP contribution is 2.22. The Kier molecular flexibility index (Phi) is 3.19. The monoisotopic (exact) mass is 203 g/mol. The first-order valence-electron chi connectivity index (χ1n) is 3.62. The van der Waals surface area contributed by atoms with Crippen molar-refractivity contribution >= 4 is 17.9 Å².